The molecule has 0 spiro atoms. The van der Waals surface area contributed by atoms with Gasteiger partial charge in [-0.15, -0.1) is 0 Å². The topological polar surface area (TPSA) is 101 Å². The average molecular weight is 459 g/mol. The molecule has 0 bridgehead atoms. The molecule has 1 N–H and O–H groups in total. The molecule has 0 radical (unpaired) electrons. The standard InChI is InChI=1S/C26H26N4O4/c1-17-24-20(16-21(22-8-5-15-33-22)28-25(24)34-29-17)26(32)30-13-11-19(12-14-30)27-23(31)10-9-18-6-3-2-4-7-18/h2-8,15-16,19H,9-14H2,1H3,(H,27,31). The molecule has 1 aliphatic heterocycles. The number of amides is 2. The van der Waals surface area contributed by atoms with Crippen LogP contribution in [0, 0.1) is 6.92 Å². The molecule has 34 heavy (non-hydrogen) atoms. The smallest absolute Gasteiger partial charge is 0.259 e. The second-order valence-electron chi connectivity index (χ2n) is 8.60. The molecule has 1 aliphatic rings. The molecule has 8 nitrogen and oxygen atoms in total. The molecule has 0 atom stereocenters. The van der Waals surface area contributed by atoms with E-state index in [0.717, 1.165) is 12.0 Å². The lowest BCUT2D eigenvalue weighted by Gasteiger charge is -2.32. The number of piperidine rings is 1. The fourth-order valence-electron chi connectivity index (χ4n) is 4.41. The van der Waals surface area contributed by atoms with Gasteiger partial charge in [0.1, 0.15) is 5.69 Å². The minimum atomic E-state index is -0.0969. The number of hydrogen-bond donors (Lipinski definition) is 1. The zero-order valence-corrected chi connectivity index (χ0v) is 19.0. The first-order valence-electron chi connectivity index (χ1n) is 11.5. The van der Waals surface area contributed by atoms with Crippen LogP contribution >= 0.6 is 0 Å². The van der Waals surface area contributed by atoms with Crippen LogP contribution in [-0.4, -0.2) is 46.0 Å². The molecule has 0 saturated carbocycles. The van der Waals surface area contributed by atoms with Gasteiger partial charge in [0, 0.05) is 25.6 Å². The molecule has 4 aromatic rings. The Morgan fingerprint density at radius 1 is 1.12 bits per heavy atom. The van der Waals surface area contributed by atoms with Gasteiger partial charge in [-0.25, -0.2) is 4.98 Å². The fourth-order valence-corrected chi connectivity index (χ4v) is 4.41. The second-order valence-corrected chi connectivity index (χ2v) is 8.60. The van der Waals surface area contributed by atoms with E-state index >= 15 is 0 Å². The molecule has 1 aromatic carbocycles. The van der Waals surface area contributed by atoms with Gasteiger partial charge in [0.25, 0.3) is 11.6 Å². The van der Waals surface area contributed by atoms with Crippen molar-refractivity contribution in [2.24, 2.45) is 0 Å². The molecule has 1 saturated heterocycles. The molecule has 5 rings (SSSR count). The predicted molar refractivity (Wildman–Crippen MR) is 126 cm³/mol. The highest BCUT2D eigenvalue weighted by Crippen LogP contribution is 2.29. The van der Waals surface area contributed by atoms with E-state index in [9.17, 15) is 9.59 Å². The molecular formula is C26H26N4O4. The van der Waals surface area contributed by atoms with Gasteiger partial charge in [-0.3, -0.25) is 9.59 Å². The van der Waals surface area contributed by atoms with Crippen LogP contribution < -0.4 is 5.32 Å². The maximum absolute atomic E-state index is 13.5. The van der Waals surface area contributed by atoms with Crippen LogP contribution in [0.25, 0.3) is 22.6 Å². The highest BCUT2D eigenvalue weighted by Gasteiger charge is 2.28. The van der Waals surface area contributed by atoms with Crippen LogP contribution in [0.5, 0.6) is 0 Å². The van der Waals surface area contributed by atoms with Crippen molar-refractivity contribution in [3.8, 4) is 11.5 Å². The number of benzene rings is 1. The number of nitrogens with zero attached hydrogens (tertiary/aromatic N) is 3. The van der Waals surface area contributed by atoms with Gasteiger partial charge in [-0.2, -0.15) is 0 Å². The summed E-state index contributed by atoms with van der Waals surface area (Å²) in [7, 11) is 0. The van der Waals surface area contributed by atoms with E-state index in [0.29, 0.717) is 66.2 Å². The number of likely N-dealkylation sites (tertiary alicyclic amines) is 1. The second kappa shape index (κ2) is 9.51. The molecule has 0 unspecified atom stereocenters. The Bertz CT molecular complexity index is 1290. The molecule has 0 aliphatic carbocycles. The van der Waals surface area contributed by atoms with E-state index < -0.39 is 0 Å². The Morgan fingerprint density at radius 2 is 1.91 bits per heavy atom. The monoisotopic (exact) mass is 458 g/mol. The first-order valence-corrected chi connectivity index (χ1v) is 11.5. The van der Waals surface area contributed by atoms with E-state index in [1.54, 1.807) is 31.4 Å². The lowest BCUT2D eigenvalue weighted by atomic mass is 10.0. The van der Waals surface area contributed by atoms with Crippen LogP contribution in [0.2, 0.25) is 0 Å². The summed E-state index contributed by atoms with van der Waals surface area (Å²) in [6.07, 6.45) is 4.17. The van der Waals surface area contributed by atoms with Crippen molar-refractivity contribution < 1.29 is 18.5 Å². The molecule has 3 aromatic heterocycles. The van der Waals surface area contributed by atoms with Crippen LogP contribution in [0.15, 0.2) is 63.7 Å². The maximum atomic E-state index is 13.5. The van der Waals surface area contributed by atoms with Crippen LogP contribution in [0.1, 0.15) is 40.9 Å². The summed E-state index contributed by atoms with van der Waals surface area (Å²) in [6, 6.07) is 15.4. The number of fused-ring (bicyclic) bond motifs is 1. The quantitative estimate of drug-likeness (QED) is 0.466. The zero-order valence-electron chi connectivity index (χ0n) is 19.0. The molecule has 8 heteroatoms. The van der Waals surface area contributed by atoms with Crippen LogP contribution in [-0.2, 0) is 11.2 Å². The Balaban J connectivity index is 1.24. The van der Waals surface area contributed by atoms with Gasteiger partial charge in [0.15, 0.2) is 5.76 Å². The van der Waals surface area contributed by atoms with Crippen molar-refractivity contribution in [1.29, 1.82) is 0 Å². The van der Waals surface area contributed by atoms with Gasteiger partial charge in [-0.05, 0) is 49.9 Å². The summed E-state index contributed by atoms with van der Waals surface area (Å²) in [5.74, 6) is 0.509. The molecular weight excluding hydrogens is 432 g/mol. The third-order valence-electron chi connectivity index (χ3n) is 6.25. The average Bonchev–Trinajstić information content (AvgIpc) is 3.53. The number of nitrogens with one attached hydrogen (secondary N) is 1. The van der Waals surface area contributed by atoms with E-state index in [1.807, 2.05) is 35.2 Å². The largest absolute Gasteiger partial charge is 0.463 e. The number of aryl methyl sites for hydroxylation is 2. The first-order chi connectivity index (χ1) is 16.6. The lowest BCUT2D eigenvalue weighted by molar-refractivity contribution is -0.122. The van der Waals surface area contributed by atoms with Crippen LogP contribution in [0.4, 0.5) is 0 Å². The molecule has 2 amide bonds. The van der Waals surface area contributed by atoms with E-state index in [-0.39, 0.29) is 17.9 Å². The summed E-state index contributed by atoms with van der Waals surface area (Å²) < 4.78 is 10.8. The number of hydrogen-bond acceptors (Lipinski definition) is 6. The summed E-state index contributed by atoms with van der Waals surface area (Å²) in [5, 5.41) is 7.75. The number of carbonyl (C=O) groups is 2. The zero-order chi connectivity index (χ0) is 23.5. The van der Waals surface area contributed by atoms with Crippen molar-refractivity contribution in [2.45, 2.75) is 38.6 Å². The van der Waals surface area contributed by atoms with Gasteiger partial charge >= 0.3 is 0 Å². The van der Waals surface area contributed by atoms with Crippen molar-refractivity contribution in [3.63, 3.8) is 0 Å². The highest BCUT2D eigenvalue weighted by atomic mass is 16.5. The fraction of sp³-hybridized carbons (Fsp3) is 0.308. The number of furan rings is 1. The summed E-state index contributed by atoms with van der Waals surface area (Å²) in [6.45, 7) is 2.92. The van der Waals surface area contributed by atoms with Crippen molar-refractivity contribution in [1.82, 2.24) is 20.4 Å². The predicted octanol–water partition coefficient (Wildman–Crippen LogP) is 4.14. The van der Waals surface area contributed by atoms with E-state index in [4.69, 9.17) is 8.94 Å². The van der Waals surface area contributed by atoms with Gasteiger partial charge in [0.05, 0.1) is 22.9 Å². The number of pyridine rings is 1. The Labute approximate surface area is 196 Å². The van der Waals surface area contributed by atoms with Crippen molar-refractivity contribution >= 4 is 22.9 Å². The van der Waals surface area contributed by atoms with Gasteiger partial charge < -0.3 is 19.2 Å². The Kier molecular flexibility index (Phi) is 6.12. The number of rotatable bonds is 6. The van der Waals surface area contributed by atoms with Gasteiger partial charge in [0.2, 0.25) is 5.91 Å². The molecule has 1 fully saturated rings. The third-order valence-corrected chi connectivity index (χ3v) is 6.25. The lowest BCUT2D eigenvalue weighted by Crippen LogP contribution is -2.46. The summed E-state index contributed by atoms with van der Waals surface area (Å²) >= 11 is 0. The van der Waals surface area contributed by atoms with Crippen molar-refractivity contribution in [3.05, 3.63) is 71.6 Å². The molecule has 4 heterocycles. The minimum absolute atomic E-state index is 0.0488. The highest BCUT2D eigenvalue weighted by molar-refractivity contribution is 6.06. The number of carbonyl (C=O) groups excluding carboxylic acids is 2. The van der Waals surface area contributed by atoms with E-state index in [1.165, 1.54) is 0 Å². The van der Waals surface area contributed by atoms with Crippen LogP contribution in [0.3, 0.4) is 0 Å². The van der Waals surface area contributed by atoms with Gasteiger partial charge in [-0.1, -0.05) is 35.5 Å². The van der Waals surface area contributed by atoms with E-state index in [2.05, 4.69) is 15.5 Å². The molecule has 174 valence electrons. The summed E-state index contributed by atoms with van der Waals surface area (Å²) in [5.41, 5.74) is 3.12. The third kappa shape index (κ3) is 4.57. The normalized spacial score (nSPS) is 14.4. The minimum Gasteiger partial charge on any atom is -0.463 e. The first kappa shape index (κ1) is 21.9. The Hall–Kier alpha value is -3.94. The Morgan fingerprint density at radius 3 is 2.65 bits per heavy atom. The summed E-state index contributed by atoms with van der Waals surface area (Å²) in [4.78, 5) is 32.2. The van der Waals surface area contributed by atoms with Crippen molar-refractivity contribution in [2.75, 3.05) is 13.1 Å². The maximum Gasteiger partial charge on any atom is 0.259 e. The SMILES string of the molecule is Cc1noc2nc(-c3ccco3)cc(C(=O)N3CCC(NC(=O)CCc4ccccc4)CC3)c12. The number of aromatic nitrogens is 2.